The number of aromatic nitrogens is 3. The Morgan fingerprint density at radius 2 is 2.12 bits per heavy atom. The maximum Gasteiger partial charge on any atom is 0.0955 e. The molecule has 0 bridgehead atoms. The number of anilines is 1. The highest BCUT2D eigenvalue weighted by Gasteiger charge is 2.03. The zero-order valence-corrected chi connectivity index (χ0v) is 9.86. The second-order valence-corrected chi connectivity index (χ2v) is 3.83. The maximum absolute atomic E-state index is 4.34. The summed E-state index contributed by atoms with van der Waals surface area (Å²) >= 11 is 0. The lowest BCUT2D eigenvalue weighted by Crippen LogP contribution is -2.03. The van der Waals surface area contributed by atoms with Gasteiger partial charge < -0.3 is 9.88 Å². The van der Waals surface area contributed by atoms with Crippen LogP contribution in [0.1, 0.15) is 17.1 Å². The molecule has 0 aromatic carbocycles. The van der Waals surface area contributed by atoms with Crippen molar-refractivity contribution in [2.75, 3.05) is 12.4 Å². The predicted molar refractivity (Wildman–Crippen MR) is 64.6 cm³/mol. The van der Waals surface area contributed by atoms with Gasteiger partial charge in [-0.1, -0.05) is 0 Å². The molecule has 0 atom stereocenters. The Morgan fingerprint density at radius 3 is 2.75 bits per heavy atom. The number of hydrogen-bond donors (Lipinski definition) is 1. The fourth-order valence-corrected chi connectivity index (χ4v) is 1.60. The highest BCUT2D eigenvalue weighted by atomic mass is 15.1. The summed E-state index contributed by atoms with van der Waals surface area (Å²) in [6.45, 7) is 4.86. The molecule has 0 radical (unpaired) electrons. The third kappa shape index (κ3) is 2.05. The summed E-state index contributed by atoms with van der Waals surface area (Å²) in [6, 6.07) is 4.00. The van der Waals surface area contributed by atoms with Crippen LogP contribution < -0.4 is 5.32 Å². The van der Waals surface area contributed by atoms with Gasteiger partial charge in [-0.05, 0) is 26.0 Å². The van der Waals surface area contributed by atoms with Crippen LogP contribution >= 0.6 is 0 Å². The molecule has 0 saturated heterocycles. The molecular weight excluding hydrogens is 200 g/mol. The van der Waals surface area contributed by atoms with Gasteiger partial charge in [-0.2, -0.15) is 0 Å². The van der Waals surface area contributed by atoms with Crippen LogP contribution in [0.4, 0.5) is 5.69 Å². The normalized spacial score (nSPS) is 10.4. The van der Waals surface area contributed by atoms with Crippen molar-refractivity contribution < 1.29 is 0 Å². The summed E-state index contributed by atoms with van der Waals surface area (Å²) in [5.74, 6) is 0. The van der Waals surface area contributed by atoms with Gasteiger partial charge in [0.1, 0.15) is 0 Å². The van der Waals surface area contributed by atoms with Crippen molar-refractivity contribution in [2.45, 2.75) is 20.4 Å². The highest BCUT2D eigenvalue weighted by Crippen LogP contribution is 2.10. The highest BCUT2D eigenvalue weighted by molar-refractivity contribution is 5.42. The first kappa shape index (κ1) is 10.7. The molecule has 0 aliphatic rings. The van der Waals surface area contributed by atoms with E-state index in [1.165, 1.54) is 5.69 Å². The van der Waals surface area contributed by atoms with Crippen LogP contribution in [-0.2, 0) is 6.54 Å². The number of aryl methyl sites for hydroxylation is 1. The minimum Gasteiger partial charge on any atom is -0.388 e. The van der Waals surface area contributed by atoms with Crippen molar-refractivity contribution in [3.05, 3.63) is 41.7 Å². The van der Waals surface area contributed by atoms with E-state index >= 15 is 0 Å². The molecule has 0 spiro atoms. The van der Waals surface area contributed by atoms with Gasteiger partial charge in [0.2, 0.25) is 0 Å². The Balaban J connectivity index is 2.23. The van der Waals surface area contributed by atoms with Crippen LogP contribution in [-0.4, -0.2) is 21.6 Å². The second-order valence-electron chi connectivity index (χ2n) is 3.83. The van der Waals surface area contributed by atoms with E-state index in [-0.39, 0.29) is 0 Å². The SMILES string of the molecule is CNc1ccnc(Cn2cnc(C)c2C)c1. The Morgan fingerprint density at radius 1 is 1.31 bits per heavy atom. The molecule has 4 nitrogen and oxygen atoms in total. The molecule has 0 saturated carbocycles. The van der Waals surface area contributed by atoms with Gasteiger partial charge in [0.05, 0.1) is 24.3 Å². The van der Waals surface area contributed by atoms with Gasteiger partial charge in [-0.15, -0.1) is 0 Å². The van der Waals surface area contributed by atoms with Gasteiger partial charge in [0.25, 0.3) is 0 Å². The number of nitrogens with zero attached hydrogens (tertiary/aromatic N) is 3. The lowest BCUT2D eigenvalue weighted by atomic mass is 10.3. The molecule has 4 heteroatoms. The van der Waals surface area contributed by atoms with E-state index in [1.807, 2.05) is 32.6 Å². The predicted octanol–water partition coefficient (Wildman–Crippen LogP) is 1.98. The standard InChI is InChI=1S/C12H16N4/c1-9-10(2)16(8-15-9)7-12-6-11(13-3)4-5-14-12/h4-6,8H,7H2,1-3H3,(H,13,14). The minimum atomic E-state index is 0.766. The summed E-state index contributed by atoms with van der Waals surface area (Å²) in [5, 5.41) is 3.11. The second kappa shape index (κ2) is 4.35. The largest absolute Gasteiger partial charge is 0.388 e. The van der Waals surface area contributed by atoms with Crippen molar-refractivity contribution in [1.82, 2.24) is 14.5 Å². The molecule has 2 rings (SSSR count). The molecule has 2 heterocycles. The minimum absolute atomic E-state index is 0.766. The van der Waals surface area contributed by atoms with E-state index in [1.54, 1.807) is 0 Å². The molecule has 0 aliphatic carbocycles. The summed E-state index contributed by atoms with van der Waals surface area (Å²) < 4.78 is 2.11. The number of hydrogen-bond acceptors (Lipinski definition) is 3. The van der Waals surface area contributed by atoms with Crippen LogP contribution in [0.25, 0.3) is 0 Å². The molecule has 0 amide bonds. The topological polar surface area (TPSA) is 42.7 Å². The molecule has 2 aromatic rings. The molecule has 1 N–H and O–H groups in total. The lowest BCUT2D eigenvalue weighted by molar-refractivity contribution is 0.748. The Bertz CT molecular complexity index is 488. The number of imidazole rings is 1. The Kier molecular flexibility index (Phi) is 2.90. The monoisotopic (exact) mass is 216 g/mol. The average Bonchev–Trinajstić information content (AvgIpc) is 2.61. The van der Waals surface area contributed by atoms with E-state index in [4.69, 9.17) is 0 Å². The van der Waals surface area contributed by atoms with E-state index in [0.717, 1.165) is 23.6 Å². The quantitative estimate of drug-likeness (QED) is 0.853. The van der Waals surface area contributed by atoms with Crippen LogP contribution in [0.3, 0.4) is 0 Å². The van der Waals surface area contributed by atoms with Crippen molar-refractivity contribution in [3.63, 3.8) is 0 Å². The first-order chi connectivity index (χ1) is 7.70. The molecule has 0 aliphatic heterocycles. The zero-order chi connectivity index (χ0) is 11.5. The third-order valence-electron chi connectivity index (χ3n) is 2.78. The molecule has 2 aromatic heterocycles. The molecule has 0 fully saturated rings. The molecule has 16 heavy (non-hydrogen) atoms. The van der Waals surface area contributed by atoms with Crippen molar-refractivity contribution in [1.29, 1.82) is 0 Å². The van der Waals surface area contributed by atoms with Gasteiger partial charge in [0, 0.05) is 24.6 Å². The molecule has 84 valence electrons. The first-order valence-corrected chi connectivity index (χ1v) is 5.31. The van der Waals surface area contributed by atoms with Gasteiger partial charge in [-0.3, -0.25) is 4.98 Å². The maximum atomic E-state index is 4.34. The van der Waals surface area contributed by atoms with E-state index in [0.29, 0.717) is 0 Å². The zero-order valence-electron chi connectivity index (χ0n) is 9.86. The number of nitrogens with one attached hydrogen (secondary N) is 1. The van der Waals surface area contributed by atoms with E-state index in [9.17, 15) is 0 Å². The average molecular weight is 216 g/mol. The van der Waals surface area contributed by atoms with E-state index in [2.05, 4.69) is 32.8 Å². The van der Waals surface area contributed by atoms with Crippen LogP contribution in [0.2, 0.25) is 0 Å². The fourth-order valence-electron chi connectivity index (χ4n) is 1.60. The third-order valence-corrected chi connectivity index (χ3v) is 2.78. The van der Waals surface area contributed by atoms with Crippen LogP contribution in [0.15, 0.2) is 24.7 Å². The van der Waals surface area contributed by atoms with Crippen molar-refractivity contribution in [3.8, 4) is 0 Å². The summed E-state index contributed by atoms with van der Waals surface area (Å²) in [5.41, 5.74) is 4.38. The molecule has 0 unspecified atom stereocenters. The van der Waals surface area contributed by atoms with Crippen LogP contribution in [0.5, 0.6) is 0 Å². The first-order valence-electron chi connectivity index (χ1n) is 5.31. The number of rotatable bonds is 3. The number of pyridine rings is 1. The summed E-state index contributed by atoms with van der Waals surface area (Å²) in [7, 11) is 1.91. The van der Waals surface area contributed by atoms with Crippen molar-refractivity contribution in [2.24, 2.45) is 0 Å². The van der Waals surface area contributed by atoms with Gasteiger partial charge in [0.15, 0.2) is 0 Å². The van der Waals surface area contributed by atoms with Crippen LogP contribution in [0, 0.1) is 13.8 Å². The summed E-state index contributed by atoms with van der Waals surface area (Å²) in [4.78, 5) is 8.62. The Hall–Kier alpha value is -1.84. The van der Waals surface area contributed by atoms with Gasteiger partial charge in [-0.25, -0.2) is 4.98 Å². The van der Waals surface area contributed by atoms with Crippen molar-refractivity contribution >= 4 is 5.69 Å². The fraction of sp³-hybridized carbons (Fsp3) is 0.333. The smallest absolute Gasteiger partial charge is 0.0955 e. The van der Waals surface area contributed by atoms with Gasteiger partial charge >= 0.3 is 0 Å². The lowest BCUT2D eigenvalue weighted by Gasteiger charge is -2.06. The summed E-state index contributed by atoms with van der Waals surface area (Å²) in [6.07, 6.45) is 3.68. The Labute approximate surface area is 95.4 Å². The molecular formula is C12H16N4. The van der Waals surface area contributed by atoms with E-state index < -0.39 is 0 Å².